The van der Waals surface area contributed by atoms with Crippen molar-refractivity contribution in [3.8, 4) is 0 Å². The number of benzene rings is 2. The van der Waals surface area contributed by atoms with Crippen molar-refractivity contribution in [2.45, 2.75) is 18.7 Å². The van der Waals surface area contributed by atoms with E-state index in [-0.39, 0.29) is 12.4 Å². The molecule has 0 radical (unpaired) electrons. The number of rotatable bonds is 6. The molecular formula is C16H19NO3S. The number of aliphatic hydroxyl groups excluding tert-OH is 1. The number of nitrogens with one attached hydrogen (secondary N) is 1. The van der Waals surface area contributed by atoms with Crippen LogP contribution < -0.4 is 4.72 Å². The summed E-state index contributed by atoms with van der Waals surface area (Å²) in [5.74, 6) is -0.0942. The van der Waals surface area contributed by atoms with Crippen molar-refractivity contribution in [2.75, 3.05) is 6.61 Å². The Morgan fingerprint density at radius 2 is 1.67 bits per heavy atom. The van der Waals surface area contributed by atoms with Crippen LogP contribution in [0.1, 0.15) is 22.7 Å². The van der Waals surface area contributed by atoms with Crippen molar-refractivity contribution in [1.82, 2.24) is 4.72 Å². The van der Waals surface area contributed by atoms with Crippen LogP contribution in [0.3, 0.4) is 0 Å². The van der Waals surface area contributed by atoms with Crippen molar-refractivity contribution in [3.05, 3.63) is 71.3 Å². The predicted octanol–water partition coefficient (Wildman–Crippen LogP) is 2.15. The zero-order valence-electron chi connectivity index (χ0n) is 11.9. The Labute approximate surface area is 125 Å². The van der Waals surface area contributed by atoms with Gasteiger partial charge in [-0.15, -0.1) is 0 Å². The van der Waals surface area contributed by atoms with Crippen molar-refractivity contribution < 1.29 is 13.5 Å². The number of hydrogen-bond acceptors (Lipinski definition) is 3. The van der Waals surface area contributed by atoms with E-state index in [0.29, 0.717) is 0 Å². The highest BCUT2D eigenvalue weighted by molar-refractivity contribution is 7.88. The van der Waals surface area contributed by atoms with Gasteiger partial charge in [0.05, 0.1) is 18.4 Å². The molecule has 0 aliphatic rings. The maximum Gasteiger partial charge on any atom is 0.216 e. The van der Waals surface area contributed by atoms with Crippen molar-refractivity contribution in [1.29, 1.82) is 0 Å². The van der Waals surface area contributed by atoms with E-state index in [4.69, 9.17) is 0 Å². The Bertz CT molecular complexity index is 684. The van der Waals surface area contributed by atoms with Gasteiger partial charge in [-0.25, -0.2) is 13.1 Å². The lowest BCUT2D eigenvalue weighted by Gasteiger charge is -2.17. The molecule has 112 valence electrons. The van der Waals surface area contributed by atoms with E-state index in [9.17, 15) is 13.5 Å². The Kier molecular flexibility index (Phi) is 5.12. The third-order valence-corrected chi connectivity index (χ3v) is 4.65. The minimum atomic E-state index is -3.53. The first-order valence-corrected chi connectivity index (χ1v) is 8.37. The van der Waals surface area contributed by atoms with Crippen LogP contribution in [0.2, 0.25) is 0 Å². The second-order valence-electron chi connectivity index (χ2n) is 4.95. The third kappa shape index (κ3) is 4.39. The summed E-state index contributed by atoms with van der Waals surface area (Å²) in [6.07, 6.45) is 0. The van der Waals surface area contributed by atoms with Gasteiger partial charge in [0.2, 0.25) is 10.0 Å². The highest BCUT2D eigenvalue weighted by Gasteiger charge is 2.19. The van der Waals surface area contributed by atoms with Gasteiger partial charge in [0.15, 0.2) is 0 Å². The molecule has 5 heteroatoms. The van der Waals surface area contributed by atoms with Crippen LogP contribution in [0.5, 0.6) is 0 Å². The van der Waals surface area contributed by atoms with Gasteiger partial charge in [0, 0.05) is 0 Å². The van der Waals surface area contributed by atoms with Crippen LogP contribution in [0.15, 0.2) is 54.6 Å². The van der Waals surface area contributed by atoms with Crippen LogP contribution >= 0.6 is 0 Å². The van der Waals surface area contributed by atoms with Crippen molar-refractivity contribution >= 4 is 10.0 Å². The van der Waals surface area contributed by atoms with Gasteiger partial charge in [-0.2, -0.15) is 0 Å². The molecule has 21 heavy (non-hydrogen) atoms. The van der Waals surface area contributed by atoms with E-state index in [0.717, 1.165) is 16.7 Å². The molecule has 0 spiro atoms. The number of aliphatic hydroxyl groups is 1. The van der Waals surface area contributed by atoms with Gasteiger partial charge in [0.25, 0.3) is 0 Å². The van der Waals surface area contributed by atoms with Gasteiger partial charge in [-0.1, -0.05) is 54.6 Å². The molecule has 1 unspecified atom stereocenters. The fourth-order valence-electron chi connectivity index (χ4n) is 2.13. The SMILES string of the molecule is Cc1ccccc1CS(=O)(=O)NC(CO)c1ccccc1. The summed E-state index contributed by atoms with van der Waals surface area (Å²) in [4.78, 5) is 0. The average molecular weight is 305 g/mol. The van der Waals surface area contributed by atoms with E-state index >= 15 is 0 Å². The summed E-state index contributed by atoms with van der Waals surface area (Å²) < 4.78 is 27.1. The van der Waals surface area contributed by atoms with Crippen LogP contribution in [0, 0.1) is 6.92 Å². The monoisotopic (exact) mass is 305 g/mol. The summed E-state index contributed by atoms with van der Waals surface area (Å²) in [5, 5.41) is 9.44. The maximum atomic E-state index is 12.3. The lowest BCUT2D eigenvalue weighted by Crippen LogP contribution is -2.32. The second-order valence-corrected chi connectivity index (χ2v) is 6.70. The highest BCUT2D eigenvalue weighted by Crippen LogP contribution is 2.16. The molecule has 2 rings (SSSR count). The molecule has 0 aliphatic heterocycles. The lowest BCUT2D eigenvalue weighted by molar-refractivity contribution is 0.259. The van der Waals surface area contributed by atoms with Gasteiger partial charge in [0.1, 0.15) is 0 Å². The van der Waals surface area contributed by atoms with Gasteiger partial charge < -0.3 is 5.11 Å². The molecule has 0 saturated heterocycles. The molecule has 1 atom stereocenters. The minimum Gasteiger partial charge on any atom is -0.394 e. The molecule has 4 nitrogen and oxygen atoms in total. The van der Waals surface area contributed by atoms with Gasteiger partial charge >= 0.3 is 0 Å². The van der Waals surface area contributed by atoms with Gasteiger partial charge in [-0.3, -0.25) is 0 Å². The largest absolute Gasteiger partial charge is 0.394 e. The fourth-order valence-corrected chi connectivity index (χ4v) is 3.59. The second kappa shape index (κ2) is 6.85. The molecular weight excluding hydrogens is 286 g/mol. The summed E-state index contributed by atoms with van der Waals surface area (Å²) in [5.41, 5.74) is 2.44. The molecule has 2 aromatic carbocycles. The normalized spacial score (nSPS) is 13.0. The van der Waals surface area contributed by atoms with Crippen LogP contribution in [0.4, 0.5) is 0 Å². The fraction of sp³-hybridized carbons (Fsp3) is 0.250. The predicted molar refractivity (Wildman–Crippen MR) is 83.2 cm³/mol. The van der Waals surface area contributed by atoms with Crippen molar-refractivity contribution in [2.24, 2.45) is 0 Å². The molecule has 0 heterocycles. The van der Waals surface area contributed by atoms with Crippen LogP contribution in [-0.4, -0.2) is 20.1 Å². The van der Waals surface area contributed by atoms with E-state index < -0.39 is 16.1 Å². The standard InChI is InChI=1S/C16H19NO3S/c1-13-7-5-6-10-15(13)12-21(19,20)17-16(11-18)14-8-3-2-4-9-14/h2-10,16-18H,11-12H2,1H3. The maximum absolute atomic E-state index is 12.3. The van der Waals surface area contributed by atoms with E-state index in [1.54, 1.807) is 18.2 Å². The summed E-state index contributed by atoms with van der Waals surface area (Å²) >= 11 is 0. The quantitative estimate of drug-likeness (QED) is 0.859. The molecule has 0 amide bonds. The third-order valence-electron chi connectivity index (χ3n) is 3.31. The first kappa shape index (κ1) is 15.7. The smallest absolute Gasteiger partial charge is 0.216 e. The average Bonchev–Trinajstić information content (AvgIpc) is 2.48. The zero-order chi connectivity index (χ0) is 15.3. The molecule has 0 aromatic heterocycles. The van der Waals surface area contributed by atoms with E-state index in [1.807, 2.05) is 43.3 Å². The summed E-state index contributed by atoms with van der Waals surface area (Å²) in [7, 11) is -3.53. The molecule has 2 aromatic rings. The topological polar surface area (TPSA) is 66.4 Å². The molecule has 0 fully saturated rings. The highest BCUT2D eigenvalue weighted by atomic mass is 32.2. The Morgan fingerprint density at radius 3 is 2.29 bits per heavy atom. The molecule has 2 N–H and O–H groups in total. The summed E-state index contributed by atoms with van der Waals surface area (Å²) in [6, 6.07) is 15.8. The molecule has 0 saturated carbocycles. The molecule has 0 aliphatic carbocycles. The number of hydrogen-bond donors (Lipinski definition) is 2. The lowest BCUT2D eigenvalue weighted by atomic mass is 10.1. The van der Waals surface area contributed by atoms with Gasteiger partial charge in [-0.05, 0) is 23.6 Å². The van der Waals surface area contributed by atoms with E-state index in [1.165, 1.54) is 0 Å². The van der Waals surface area contributed by atoms with Crippen LogP contribution in [0.25, 0.3) is 0 Å². The van der Waals surface area contributed by atoms with Crippen molar-refractivity contribution in [3.63, 3.8) is 0 Å². The Hall–Kier alpha value is -1.69. The Balaban J connectivity index is 2.15. The number of sulfonamides is 1. The Morgan fingerprint density at radius 1 is 1.05 bits per heavy atom. The first-order valence-electron chi connectivity index (χ1n) is 6.72. The zero-order valence-corrected chi connectivity index (χ0v) is 12.7. The minimum absolute atomic E-state index is 0.0942. The number of aryl methyl sites for hydroxylation is 1. The first-order chi connectivity index (χ1) is 10.0. The van der Waals surface area contributed by atoms with Crippen LogP contribution in [-0.2, 0) is 15.8 Å². The van der Waals surface area contributed by atoms with E-state index in [2.05, 4.69) is 4.72 Å². The molecule has 0 bridgehead atoms. The summed E-state index contributed by atoms with van der Waals surface area (Å²) in [6.45, 7) is 1.60.